The van der Waals surface area contributed by atoms with E-state index in [-0.39, 0.29) is 77.2 Å². The van der Waals surface area contributed by atoms with Crippen LogP contribution in [0, 0.1) is 41.4 Å². The van der Waals surface area contributed by atoms with Gasteiger partial charge in [-0.15, -0.1) is 0 Å². The average molecular weight is 629 g/mol. The second-order valence-corrected chi connectivity index (χ2v) is 15.1. The summed E-state index contributed by atoms with van der Waals surface area (Å²) in [5.41, 5.74) is 0. The fraction of sp³-hybridized carbons (Fsp3) is 0.865. The fourth-order valence-electron chi connectivity index (χ4n) is 9.17. The summed E-state index contributed by atoms with van der Waals surface area (Å²) in [6.07, 6.45) is 17.1. The Morgan fingerprint density at radius 2 is 0.711 bits per heavy atom. The van der Waals surface area contributed by atoms with Crippen molar-refractivity contribution in [3.8, 4) is 0 Å². The monoisotopic (exact) mass is 628 g/mol. The number of ether oxygens (including phenoxy) is 3. The van der Waals surface area contributed by atoms with Crippen LogP contribution in [0.15, 0.2) is 0 Å². The van der Waals surface area contributed by atoms with Gasteiger partial charge in [-0.25, -0.2) is 0 Å². The van der Waals surface area contributed by atoms with E-state index in [1.807, 2.05) is 0 Å². The maximum Gasteiger partial charge on any atom is 0.309 e. The van der Waals surface area contributed by atoms with Crippen molar-refractivity contribution in [2.45, 2.75) is 154 Å². The Bertz CT molecular complexity index is 1030. The lowest BCUT2D eigenvalue weighted by atomic mass is 9.72. The van der Waals surface area contributed by atoms with Crippen LogP contribution in [0.1, 0.15) is 135 Å². The lowest BCUT2D eigenvalue weighted by molar-refractivity contribution is -0.160. The van der Waals surface area contributed by atoms with Gasteiger partial charge in [-0.3, -0.25) is 24.0 Å². The molecule has 0 aromatic rings. The Balaban J connectivity index is 0.951. The second-order valence-electron chi connectivity index (χ2n) is 15.1. The number of hydrogen-bond donors (Lipinski definition) is 0. The van der Waals surface area contributed by atoms with Crippen LogP contribution in [0.25, 0.3) is 0 Å². The molecular formula is C37H56O8. The third kappa shape index (κ3) is 9.04. The molecule has 0 bridgehead atoms. The molecule has 0 aromatic heterocycles. The summed E-state index contributed by atoms with van der Waals surface area (Å²) < 4.78 is 17.4. The molecule has 0 heterocycles. The molecule has 0 unspecified atom stereocenters. The molecule has 5 aliphatic rings. The minimum Gasteiger partial charge on any atom is -0.462 e. The van der Waals surface area contributed by atoms with Crippen LogP contribution in [-0.4, -0.2) is 54.7 Å². The number of methoxy groups -OCH3 is 1. The van der Waals surface area contributed by atoms with Crippen LogP contribution >= 0.6 is 0 Å². The highest BCUT2D eigenvalue weighted by Gasteiger charge is 2.39. The van der Waals surface area contributed by atoms with Gasteiger partial charge >= 0.3 is 11.9 Å². The molecule has 252 valence electrons. The summed E-state index contributed by atoms with van der Waals surface area (Å²) in [5.74, 6) is 0.209. The second kappa shape index (κ2) is 16.1. The predicted molar refractivity (Wildman–Crippen MR) is 168 cm³/mol. The van der Waals surface area contributed by atoms with Crippen molar-refractivity contribution in [1.82, 2.24) is 0 Å². The molecule has 0 N–H and O–H groups in total. The third-order valence-corrected chi connectivity index (χ3v) is 12.4. The van der Waals surface area contributed by atoms with E-state index < -0.39 is 0 Å². The molecule has 0 amide bonds. The van der Waals surface area contributed by atoms with Crippen molar-refractivity contribution in [3.05, 3.63) is 0 Å². The van der Waals surface area contributed by atoms with Crippen LogP contribution in [0.5, 0.6) is 0 Å². The summed E-state index contributed by atoms with van der Waals surface area (Å²) in [5, 5.41) is 0. The molecule has 5 aliphatic carbocycles. The minimum absolute atomic E-state index is 0.00639. The first-order chi connectivity index (χ1) is 21.7. The Hall–Kier alpha value is -2.09. The van der Waals surface area contributed by atoms with Crippen molar-refractivity contribution in [2.24, 2.45) is 41.4 Å². The van der Waals surface area contributed by atoms with Crippen molar-refractivity contribution in [3.63, 3.8) is 0 Å². The highest BCUT2D eigenvalue weighted by atomic mass is 16.5. The first-order valence-corrected chi connectivity index (χ1v) is 18.2. The van der Waals surface area contributed by atoms with Crippen molar-refractivity contribution in [2.75, 3.05) is 7.11 Å². The summed E-state index contributed by atoms with van der Waals surface area (Å²) in [7, 11) is 1.75. The molecule has 8 heteroatoms. The number of esters is 2. The zero-order chi connectivity index (χ0) is 31.9. The summed E-state index contributed by atoms with van der Waals surface area (Å²) in [6.45, 7) is 1.61. The average Bonchev–Trinajstić information content (AvgIpc) is 3.08. The molecule has 45 heavy (non-hydrogen) atoms. The van der Waals surface area contributed by atoms with E-state index in [4.69, 9.17) is 14.2 Å². The van der Waals surface area contributed by atoms with Crippen LogP contribution in [-0.2, 0) is 38.2 Å². The van der Waals surface area contributed by atoms with Gasteiger partial charge < -0.3 is 14.2 Å². The van der Waals surface area contributed by atoms with Gasteiger partial charge in [0.1, 0.15) is 18.0 Å². The molecule has 8 nitrogen and oxygen atoms in total. The van der Waals surface area contributed by atoms with Gasteiger partial charge in [-0.2, -0.15) is 0 Å². The third-order valence-electron chi connectivity index (χ3n) is 12.4. The first kappa shape index (κ1) is 34.3. The molecule has 0 aromatic carbocycles. The first-order valence-electron chi connectivity index (χ1n) is 18.2. The zero-order valence-corrected chi connectivity index (χ0v) is 27.7. The Labute approximate surface area is 269 Å². The largest absolute Gasteiger partial charge is 0.462 e. The Morgan fingerprint density at radius 3 is 1.07 bits per heavy atom. The maximum atomic E-state index is 13.0. The van der Waals surface area contributed by atoms with E-state index in [1.165, 1.54) is 0 Å². The van der Waals surface area contributed by atoms with E-state index in [9.17, 15) is 24.0 Å². The molecule has 0 spiro atoms. The molecule has 5 fully saturated rings. The molecule has 0 atom stereocenters. The Morgan fingerprint density at radius 1 is 0.400 bits per heavy atom. The smallest absolute Gasteiger partial charge is 0.309 e. The molecule has 0 radical (unpaired) electrons. The number of rotatable bonds is 10. The highest BCUT2D eigenvalue weighted by molar-refractivity contribution is 6.38. The van der Waals surface area contributed by atoms with Crippen molar-refractivity contribution in [1.29, 1.82) is 0 Å². The van der Waals surface area contributed by atoms with E-state index >= 15 is 0 Å². The van der Waals surface area contributed by atoms with Gasteiger partial charge in [0.15, 0.2) is 0 Å². The zero-order valence-electron chi connectivity index (χ0n) is 27.7. The molecular weight excluding hydrogens is 572 g/mol. The van der Waals surface area contributed by atoms with Crippen molar-refractivity contribution < 1.29 is 38.2 Å². The SMILES string of the molecule is COC1CCC(C(=O)OC2CCC(C3CCC(OC(=O)C4CCC(C(=O)C(=O)C5CCC(C(C)=O)CC5)CC4)CC3)CC2)CC1. The summed E-state index contributed by atoms with van der Waals surface area (Å²) >= 11 is 0. The van der Waals surface area contributed by atoms with E-state index in [2.05, 4.69) is 0 Å². The minimum atomic E-state index is -0.281. The van der Waals surface area contributed by atoms with Gasteiger partial charge in [0.05, 0.1) is 17.9 Å². The van der Waals surface area contributed by atoms with Crippen molar-refractivity contribution >= 4 is 29.3 Å². The number of Topliss-reactive ketones (excluding diaryl/α,β-unsaturated/α-hetero) is 3. The van der Waals surface area contributed by atoms with Gasteiger partial charge in [-0.1, -0.05) is 0 Å². The van der Waals surface area contributed by atoms with Crippen LogP contribution in [0.3, 0.4) is 0 Å². The molecule has 5 rings (SSSR count). The van der Waals surface area contributed by atoms with E-state index in [1.54, 1.807) is 14.0 Å². The highest BCUT2D eigenvalue weighted by Crippen LogP contribution is 2.41. The number of ketones is 3. The summed E-state index contributed by atoms with van der Waals surface area (Å²) in [4.78, 5) is 63.2. The molecule has 0 aliphatic heterocycles. The number of carbonyl (C=O) groups excluding carboxylic acids is 5. The summed E-state index contributed by atoms with van der Waals surface area (Å²) in [6, 6.07) is 0. The lowest BCUT2D eigenvalue weighted by Crippen LogP contribution is -2.36. The van der Waals surface area contributed by atoms with Gasteiger partial charge in [0, 0.05) is 24.9 Å². The van der Waals surface area contributed by atoms with Gasteiger partial charge in [-0.05, 0) is 147 Å². The van der Waals surface area contributed by atoms with E-state index in [0.29, 0.717) is 63.2 Å². The van der Waals surface area contributed by atoms with Crippen LogP contribution in [0.2, 0.25) is 0 Å². The van der Waals surface area contributed by atoms with Gasteiger partial charge in [0.2, 0.25) is 11.6 Å². The van der Waals surface area contributed by atoms with E-state index in [0.717, 1.165) is 77.0 Å². The fourth-order valence-corrected chi connectivity index (χ4v) is 9.17. The van der Waals surface area contributed by atoms with Crippen LogP contribution < -0.4 is 0 Å². The maximum absolute atomic E-state index is 13.0. The molecule has 5 saturated carbocycles. The topological polar surface area (TPSA) is 113 Å². The molecule has 0 saturated heterocycles. The quantitative estimate of drug-likeness (QED) is 0.193. The Kier molecular flexibility index (Phi) is 12.3. The normalized spacial score (nSPS) is 37.6. The standard InChI is InChI=1S/C37H56O8/c1-23(38)24-3-5-27(6-4-24)34(39)35(40)28-7-9-29(10-8-28)36(41)44-32-19-11-25(12-20-32)26-13-21-33(22-14-26)45-37(42)30-15-17-31(43-2)18-16-30/h24-33H,3-22H2,1-2H3. The number of hydrogen-bond acceptors (Lipinski definition) is 8. The van der Waals surface area contributed by atoms with Gasteiger partial charge in [0.25, 0.3) is 0 Å². The lowest BCUT2D eigenvalue weighted by Gasteiger charge is -2.38. The number of carbonyl (C=O) groups is 5. The van der Waals surface area contributed by atoms with Crippen LogP contribution in [0.4, 0.5) is 0 Å². The predicted octanol–water partition coefficient (Wildman–Crippen LogP) is 6.74.